The number of rotatable bonds is 3. The minimum Gasteiger partial charge on any atom is -0.545 e. The van der Waals surface area contributed by atoms with E-state index in [9.17, 15) is 19.1 Å². The van der Waals surface area contributed by atoms with Gasteiger partial charge in [-0.3, -0.25) is 0 Å². The highest BCUT2D eigenvalue weighted by Gasteiger charge is 2.33. The summed E-state index contributed by atoms with van der Waals surface area (Å²) in [4.78, 5) is 22.3. The standard InChI is InChI=1S/C14H15FO5/c1-14(6-2-3-7-14)20-13(18)19-11-8-9(12(16)17)4-5-10(11)15/h4-5,8H,2-3,6-7H2,1H3,(H,16,17)/p-1. The third-order valence-corrected chi connectivity index (χ3v) is 3.35. The molecule has 2 rings (SSSR count). The number of carbonyl (C=O) groups is 2. The third kappa shape index (κ3) is 3.26. The van der Waals surface area contributed by atoms with E-state index < -0.39 is 29.3 Å². The number of carboxylic acids is 1. The van der Waals surface area contributed by atoms with Crippen LogP contribution in [0, 0.1) is 5.82 Å². The zero-order valence-electron chi connectivity index (χ0n) is 11.0. The zero-order chi connectivity index (χ0) is 14.8. The van der Waals surface area contributed by atoms with Crippen LogP contribution in [0.25, 0.3) is 0 Å². The van der Waals surface area contributed by atoms with Crippen molar-refractivity contribution >= 4 is 12.1 Å². The van der Waals surface area contributed by atoms with Crippen molar-refractivity contribution in [3.05, 3.63) is 29.6 Å². The molecule has 0 aromatic heterocycles. The van der Waals surface area contributed by atoms with Crippen LogP contribution in [0.5, 0.6) is 5.75 Å². The maximum absolute atomic E-state index is 13.5. The van der Waals surface area contributed by atoms with Gasteiger partial charge in [-0.05, 0) is 50.8 Å². The summed E-state index contributed by atoms with van der Waals surface area (Å²) in [5.74, 6) is -2.81. The second kappa shape index (κ2) is 5.48. The molecular weight excluding hydrogens is 267 g/mol. The van der Waals surface area contributed by atoms with Gasteiger partial charge >= 0.3 is 6.16 Å². The van der Waals surface area contributed by atoms with E-state index in [1.165, 1.54) is 0 Å². The molecule has 0 unspecified atom stereocenters. The molecule has 108 valence electrons. The maximum Gasteiger partial charge on any atom is 0.514 e. The Balaban J connectivity index is 2.07. The van der Waals surface area contributed by atoms with Gasteiger partial charge in [0.1, 0.15) is 5.60 Å². The number of ether oxygens (including phenoxy) is 2. The minimum atomic E-state index is -1.48. The lowest BCUT2D eigenvalue weighted by Crippen LogP contribution is -2.30. The van der Waals surface area contributed by atoms with Crippen molar-refractivity contribution < 1.29 is 28.6 Å². The average molecular weight is 281 g/mol. The van der Waals surface area contributed by atoms with E-state index in [4.69, 9.17) is 9.47 Å². The van der Waals surface area contributed by atoms with Gasteiger partial charge in [0.25, 0.3) is 0 Å². The van der Waals surface area contributed by atoms with E-state index in [1.807, 2.05) is 0 Å². The molecule has 0 spiro atoms. The molecule has 0 bridgehead atoms. The lowest BCUT2D eigenvalue weighted by molar-refractivity contribution is -0.255. The van der Waals surface area contributed by atoms with E-state index in [0.717, 1.165) is 43.9 Å². The Morgan fingerprint density at radius 2 is 1.95 bits per heavy atom. The Hall–Kier alpha value is -2.11. The van der Waals surface area contributed by atoms with E-state index in [1.54, 1.807) is 6.92 Å². The van der Waals surface area contributed by atoms with Gasteiger partial charge in [0.05, 0.1) is 5.97 Å². The first kappa shape index (κ1) is 14.3. The van der Waals surface area contributed by atoms with Crippen LogP contribution in [0.4, 0.5) is 9.18 Å². The van der Waals surface area contributed by atoms with Gasteiger partial charge in [0.15, 0.2) is 11.6 Å². The van der Waals surface area contributed by atoms with Crippen molar-refractivity contribution in [1.82, 2.24) is 0 Å². The normalized spacial score (nSPS) is 16.7. The molecule has 0 atom stereocenters. The van der Waals surface area contributed by atoms with Crippen molar-refractivity contribution in [1.29, 1.82) is 0 Å². The molecule has 0 amide bonds. The smallest absolute Gasteiger partial charge is 0.514 e. The first-order valence-electron chi connectivity index (χ1n) is 6.31. The summed E-state index contributed by atoms with van der Waals surface area (Å²) in [7, 11) is 0. The Morgan fingerprint density at radius 3 is 2.55 bits per heavy atom. The molecule has 0 radical (unpaired) electrons. The van der Waals surface area contributed by atoms with Crippen LogP contribution in [0.2, 0.25) is 0 Å². The minimum absolute atomic E-state index is 0.277. The van der Waals surface area contributed by atoms with Crippen LogP contribution in [-0.4, -0.2) is 17.7 Å². The molecule has 6 heteroatoms. The van der Waals surface area contributed by atoms with Gasteiger partial charge in [0.2, 0.25) is 0 Å². The first-order chi connectivity index (χ1) is 9.39. The summed E-state index contributed by atoms with van der Waals surface area (Å²) in [6.07, 6.45) is 2.33. The summed E-state index contributed by atoms with van der Waals surface area (Å²) in [6.45, 7) is 1.79. The van der Waals surface area contributed by atoms with E-state index in [2.05, 4.69) is 0 Å². The van der Waals surface area contributed by atoms with Gasteiger partial charge in [-0.15, -0.1) is 0 Å². The molecule has 0 heterocycles. The van der Waals surface area contributed by atoms with Gasteiger partial charge in [-0.2, -0.15) is 0 Å². The average Bonchev–Trinajstić information content (AvgIpc) is 2.78. The predicted octanol–water partition coefficient (Wildman–Crippen LogP) is 2.04. The fourth-order valence-electron chi connectivity index (χ4n) is 2.25. The number of carboxylic acid groups (broad SMARTS) is 1. The fourth-order valence-corrected chi connectivity index (χ4v) is 2.25. The maximum atomic E-state index is 13.5. The van der Waals surface area contributed by atoms with Crippen molar-refractivity contribution in [3.8, 4) is 5.75 Å². The summed E-state index contributed by atoms with van der Waals surface area (Å²) in [5, 5.41) is 10.7. The molecule has 1 saturated carbocycles. The molecule has 1 aliphatic rings. The highest BCUT2D eigenvalue weighted by molar-refractivity contribution is 5.86. The Kier molecular flexibility index (Phi) is 3.92. The van der Waals surface area contributed by atoms with Gasteiger partial charge < -0.3 is 19.4 Å². The molecule has 5 nitrogen and oxygen atoms in total. The van der Waals surface area contributed by atoms with Gasteiger partial charge in [0, 0.05) is 5.56 Å². The molecule has 1 aliphatic carbocycles. The largest absolute Gasteiger partial charge is 0.545 e. The molecule has 20 heavy (non-hydrogen) atoms. The van der Waals surface area contributed by atoms with Crippen LogP contribution >= 0.6 is 0 Å². The van der Waals surface area contributed by atoms with Crippen molar-refractivity contribution in [3.63, 3.8) is 0 Å². The van der Waals surface area contributed by atoms with Crippen LogP contribution in [0.15, 0.2) is 18.2 Å². The number of hydrogen-bond acceptors (Lipinski definition) is 5. The van der Waals surface area contributed by atoms with Crippen molar-refractivity contribution in [2.75, 3.05) is 0 Å². The molecular formula is C14H14FO5-. The van der Waals surface area contributed by atoms with Crippen LogP contribution < -0.4 is 9.84 Å². The molecule has 1 fully saturated rings. The number of hydrogen-bond donors (Lipinski definition) is 0. The SMILES string of the molecule is CC1(OC(=O)Oc2cc(C(=O)[O-])ccc2F)CCCC1. The second-order valence-electron chi connectivity index (χ2n) is 5.04. The molecule has 0 aliphatic heterocycles. The number of aromatic carboxylic acids is 1. The van der Waals surface area contributed by atoms with Crippen LogP contribution in [-0.2, 0) is 4.74 Å². The van der Waals surface area contributed by atoms with Crippen LogP contribution in [0.3, 0.4) is 0 Å². The van der Waals surface area contributed by atoms with Crippen molar-refractivity contribution in [2.24, 2.45) is 0 Å². The topological polar surface area (TPSA) is 75.7 Å². The third-order valence-electron chi connectivity index (χ3n) is 3.35. The van der Waals surface area contributed by atoms with E-state index >= 15 is 0 Å². The van der Waals surface area contributed by atoms with Gasteiger partial charge in [-0.1, -0.05) is 0 Å². The van der Waals surface area contributed by atoms with Gasteiger partial charge in [-0.25, -0.2) is 9.18 Å². The Bertz CT molecular complexity index is 534. The summed E-state index contributed by atoms with van der Waals surface area (Å²) in [6, 6.07) is 2.81. The number of halogens is 1. The lowest BCUT2D eigenvalue weighted by atomic mass is 10.1. The number of carbonyl (C=O) groups excluding carboxylic acids is 2. The first-order valence-corrected chi connectivity index (χ1v) is 6.31. The second-order valence-corrected chi connectivity index (χ2v) is 5.04. The predicted molar refractivity (Wildman–Crippen MR) is 64.7 cm³/mol. The molecule has 1 aromatic rings. The van der Waals surface area contributed by atoms with E-state index in [-0.39, 0.29) is 5.56 Å². The summed E-state index contributed by atoms with van der Waals surface area (Å²) < 4.78 is 23.4. The highest BCUT2D eigenvalue weighted by atomic mass is 19.1. The van der Waals surface area contributed by atoms with Crippen molar-refractivity contribution in [2.45, 2.75) is 38.2 Å². The van der Waals surface area contributed by atoms with E-state index in [0.29, 0.717) is 0 Å². The molecule has 0 N–H and O–H groups in total. The molecule has 0 saturated heterocycles. The lowest BCUT2D eigenvalue weighted by Gasteiger charge is -2.23. The highest BCUT2D eigenvalue weighted by Crippen LogP contribution is 2.33. The Labute approximate surface area is 115 Å². The quantitative estimate of drug-likeness (QED) is 0.626. The monoisotopic (exact) mass is 281 g/mol. The van der Waals surface area contributed by atoms with Crippen LogP contribution in [0.1, 0.15) is 43.0 Å². The zero-order valence-corrected chi connectivity index (χ0v) is 11.0. The number of benzene rings is 1. The fraction of sp³-hybridized carbons (Fsp3) is 0.429. The summed E-state index contributed by atoms with van der Waals surface area (Å²) >= 11 is 0. The summed E-state index contributed by atoms with van der Waals surface area (Å²) in [5.41, 5.74) is -0.874. The Morgan fingerprint density at radius 1 is 1.30 bits per heavy atom. The molecule has 1 aromatic carbocycles.